The van der Waals surface area contributed by atoms with Crippen molar-refractivity contribution in [1.82, 2.24) is 10.6 Å². The third-order valence-electron chi connectivity index (χ3n) is 16.6. The Morgan fingerprint density at radius 3 is 0.983 bits per heavy atom. The predicted octanol–water partition coefficient (Wildman–Crippen LogP) is 13.3. The number of carboxylic acids is 2. The molecule has 636 valence electrons. The fraction of sp³-hybridized carbons (Fsp3) is 0.221. The number of alkyl halides is 6. The van der Waals surface area contributed by atoms with Gasteiger partial charge in [-0.05, 0) is 91.0 Å². The minimum absolute atomic E-state index is 0. The van der Waals surface area contributed by atoms with Crippen molar-refractivity contribution >= 4 is 105 Å². The Morgan fingerprint density at radius 2 is 0.692 bits per heavy atom. The molecule has 0 aliphatic carbocycles. The van der Waals surface area contributed by atoms with Crippen molar-refractivity contribution in [3.8, 4) is 85.1 Å². The molecule has 0 radical (unpaired) electrons. The van der Waals surface area contributed by atoms with Gasteiger partial charge in [0.05, 0.1) is 44.4 Å². The second-order valence-electron chi connectivity index (χ2n) is 24.1. The van der Waals surface area contributed by atoms with E-state index in [1.807, 2.05) is 0 Å². The van der Waals surface area contributed by atoms with Crippen molar-refractivity contribution in [2.45, 2.75) is 57.2 Å². The summed E-state index contributed by atoms with van der Waals surface area (Å²) < 4.78 is 213. The largest absolute Gasteiger partial charge is 1.00 e. The number of nitrogens with one attached hydrogen (secondary N) is 2. The van der Waals surface area contributed by atoms with E-state index in [2.05, 4.69) is 29.6 Å². The van der Waals surface area contributed by atoms with Crippen LogP contribution in [0, 0.1) is 34.9 Å². The van der Waals surface area contributed by atoms with Crippen LogP contribution >= 0.6 is 69.6 Å². The molecule has 0 saturated heterocycles. The van der Waals surface area contributed by atoms with Crippen LogP contribution in [0.4, 0.5) is 52.7 Å². The standard InChI is InChI=1S/C26H19Cl2F4NO6.C25H17Cl2F4NO6.C18H16Cl2FNO4.C8H5F3O3.Li.2H2O/c1-36-25(35)18(33-24(34)21-17(30)3-2-4-19(21)39-26(31)32)9-12-5-6-14(23-22(12)37-7-8-38-23)20-15(27)10-13(29)11-16(20)28;26-14-9-12(28)10-15(27)19(14)13-5-4-11(21-22(13)37-7-6-36-21)8-17(24(34)35)32-23(33)20-16(29)2-1-3-18(20)38-25(30)31;1-24-18(23)14(22)6-9-2-3-11(17-16(9)25-4-5-26-17)15-12(19)7-10(21)8-13(15)20;9-4-2-1-3-5(14-8(10)11)6(4)7(12)13;;;/h2-6,10-11,18,26H,7-9H2,1H3,(H,33,34);1-5,9-10,17,25H,6-8H2,(H,32,33)(H,34,35);2-3,7-8,14H,4-6,22H2,1H3;1-3,8H,(H,12,13);;2*1H2/q;;;;+1;;/p-1/t18-;17-;14-;;;;/m000..../s1. The maximum absolute atomic E-state index is 14.4. The molecule has 0 saturated carbocycles. The number of carbonyl (C=O) groups is 6. The fourth-order valence-corrected chi connectivity index (χ4v) is 13.7. The number of benzene rings is 9. The zero-order valence-corrected chi connectivity index (χ0v) is 66.2. The first-order valence-electron chi connectivity index (χ1n) is 33.5. The number of carbonyl (C=O) groups excluding carboxylic acids is 4. The molecule has 24 nitrogen and oxygen atoms in total. The second kappa shape index (κ2) is 44.6. The maximum atomic E-state index is 14.4. The number of rotatable bonds is 23. The van der Waals surface area contributed by atoms with Gasteiger partial charge in [-0.3, -0.25) is 14.4 Å². The monoisotopic (exact) mass is 1810 g/mol. The zero-order chi connectivity index (χ0) is 85.4. The Kier molecular flexibility index (Phi) is 36.5. The SMILES string of the molecule is COC(=O)[C@@H](N)Cc1ccc(-c2c(Cl)cc(F)cc2Cl)c2c1OCCO2.COC(=O)[C@H](Cc1ccc(-c2c(Cl)cc(F)cc2Cl)c2c1OCCO2)NC(=O)c1c(F)cccc1OC(F)F.O.O=C(N[C@@H](Cc1ccc(-c2c(Cl)cc(F)cc2Cl)c2c1OCCO2)C(=O)O)c1c(F)cccc1OC(F)F.O=C(O)c1c(F)cccc1OC(F)F.[Li+].[OH-]. The van der Waals surface area contributed by atoms with Crippen LogP contribution in [0.1, 0.15) is 47.8 Å². The molecule has 0 fully saturated rings. The summed E-state index contributed by atoms with van der Waals surface area (Å²) in [6.45, 7) is -8.60. The Labute approximate surface area is 713 Å². The van der Waals surface area contributed by atoms with E-state index in [4.69, 9.17) is 114 Å². The van der Waals surface area contributed by atoms with E-state index in [-0.39, 0.29) is 145 Å². The molecule has 0 spiro atoms. The van der Waals surface area contributed by atoms with E-state index in [1.54, 1.807) is 24.3 Å². The Balaban J connectivity index is 0.000000259. The first-order valence-corrected chi connectivity index (χ1v) is 35.8. The van der Waals surface area contributed by atoms with Gasteiger partial charge in [-0.25, -0.2) is 40.7 Å². The first kappa shape index (κ1) is 98.2. The van der Waals surface area contributed by atoms with E-state index in [1.165, 1.54) is 31.4 Å². The van der Waals surface area contributed by atoms with Gasteiger partial charge in [-0.1, -0.05) is 106 Å². The smallest absolute Gasteiger partial charge is 0.870 e. The van der Waals surface area contributed by atoms with Crippen LogP contribution < -0.4 is 77.9 Å². The zero-order valence-electron chi connectivity index (χ0n) is 61.6. The van der Waals surface area contributed by atoms with Crippen molar-refractivity contribution in [3.63, 3.8) is 0 Å². The van der Waals surface area contributed by atoms with Crippen LogP contribution in [0.15, 0.2) is 127 Å². The van der Waals surface area contributed by atoms with Crippen LogP contribution in [0.3, 0.4) is 0 Å². The molecule has 0 aromatic heterocycles. The predicted molar refractivity (Wildman–Crippen MR) is 403 cm³/mol. The summed E-state index contributed by atoms with van der Waals surface area (Å²) in [7, 11) is 2.35. The number of hydrogen-bond donors (Lipinski definition) is 5. The number of halogens is 18. The molecule has 3 atom stereocenters. The minimum atomic E-state index is -3.34. The average Bonchev–Trinajstić information content (AvgIpc) is 0.777. The molecule has 3 aliphatic heterocycles. The van der Waals surface area contributed by atoms with Crippen LogP contribution in [0.5, 0.6) is 51.7 Å². The molecule has 3 heterocycles. The van der Waals surface area contributed by atoms with Gasteiger partial charge in [0.2, 0.25) is 0 Å². The molecule has 120 heavy (non-hydrogen) atoms. The van der Waals surface area contributed by atoms with Gasteiger partial charge in [-0.15, -0.1) is 0 Å². The quantitative estimate of drug-likeness (QED) is 0.0226. The first-order chi connectivity index (χ1) is 55.6. The van der Waals surface area contributed by atoms with Crippen molar-refractivity contribution in [3.05, 3.63) is 226 Å². The molecule has 9 aromatic carbocycles. The van der Waals surface area contributed by atoms with Crippen LogP contribution in [0.25, 0.3) is 33.4 Å². The number of nitrogens with two attached hydrogens (primary N) is 1. The van der Waals surface area contributed by atoms with E-state index in [9.17, 15) is 86.6 Å². The fourth-order valence-electron chi connectivity index (χ4n) is 11.7. The Morgan fingerprint density at radius 1 is 0.417 bits per heavy atom. The number of aromatic carboxylic acids is 1. The number of fused-ring (bicyclic) bond motifs is 3. The van der Waals surface area contributed by atoms with Gasteiger partial charge in [0.15, 0.2) is 34.5 Å². The average molecular weight is 1810 g/mol. The topological polar surface area (TPSA) is 356 Å². The Bertz CT molecular complexity index is 5180. The van der Waals surface area contributed by atoms with Crippen molar-refractivity contribution in [2.24, 2.45) is 5.73 Å². The number of aliphatic carboxylic acids is 1. The van der Waals surface area contributed by atoms with Crippen molar-refractivity contribution in [1.29, 1.82) is 0 Å². The summed E-state index contributed by atoms with van der Waals surface area (Å²) in [5.41, 5.74) is 6.92. The number of esters is 2. The Hall–Kier alpha value is -10.6. The van der Waals surface area contributed by atoms with E-state index < -0.39 is 142 Å². The number of amides is 2. The van der Waals surface area contributed by atoms with Gasteiger partial charge >= 0.3 is 62.6 Å². The summed E-state index contributed by atoms with van der Waals surface area (Å²) in [4.78, 5) is 72.3. The number of carboxylic acid groups (broad SMARTS) is 2. The molecule has 0 bridgehead atoms. The number of methoxy groups -OCH3 is 2. The third kappa shape index (κ3) is 24.4. The summed E-state index contributed by atoms with van der Waals surface area (Å²) in [5.74, 6) is -12.8. The summed E-state index contributed by atoms with van der Waals surface area (Å²) in [6.07, 6.45) is -0.379. The number of ether oxygens (including phenoxy) is 11. The van der Waals surface area contributed by atoms with Crippen LogP contribution in [-0.2, 0) is 43.1 Å². The molecule has 12 rings (SSSR count). The minimum Gasteiger partial charge on any atom is -0.870 e. The van der Waals surface area contributed by atoms with Crippen molar-refractivity contribution in [2.75, 3.05) is 53.9 Å². The summed E-state index contributed by atoms with van der Waals surface area (Å²) in [6, 6.07) is 21.1. The van der Waals surface area contributed by atoms with Gasteiger partial charge in [0.25, 0.3) is 11.8 Å². The van der Waals surface area contributed by atoms with Gasteiger partial charge in [0.1, 0.15) is 127 Å². The van der Waals surface area contributed by atoms with Gasteiger partial charge in [0, 0.05) is 69.3 Å². The molecule has 0 unspecified atom stereocenters. The van der Waals surface area contributed by atoms with E-state index >= 15 is 0 Å². The normalized spacial score (nSPS) is 12.7. The molecule has 9 aromatic rings. The molecule has 9 N–H and O–H groups in total. The van der Waals surface area contributed by atoms with Gasteiger partial charge < -0.3 is 89.6 Å². The third-order valence-corrected chi connectivity index (χ3v) is 18.4. The molecule has 43 heteroatoms. The molecule has 2 amide bonds. The number of hydrogen-bond acceptors (Lipinski definition) is 19. The maximum Gasteiger partial charge on any atom is 1.00 e. The van der Waals surface area contributed by atoms with E-state index in [0.29, 0.717) is 58.1 Å². The molecular weight excluding hydrogens is 1750 g/mol. The van der Waals surface area contributed by atoms with Crippen LogP contribution in [0.2, 0.25) is 30.1 Å². The van der Waals surface area contributed by atoms with Crippen LogP contribution in [-0.4, -0.2) is 149 Å². The molecular formula is C77H60Cl6F12LiN3O21. The summed E-state index contributed by atoms with van der Waals surface area (Å²) in [5, 5.41) is 23.0. The molecule has 3 aliphatic rings. The van der Waals surface area contributed by atoms with Gasteiger partial charge in [-0.2, -0.15) is 26.3 Å². The summed E-state index contributed by atoms with van der Waals surface area (Å²) >= 11 is 37.3. The van der Waals surface area contributed by atoms with E-state index in [0.717, 1.165) is 86.0 Å². The van der Waals surface area contributed by atoms with Crippen molar-refractivity contribution < 1.29 is 174 Å². The second-order valence-corrected chi connectivity index (χ2v) is 26.5.